The van der Waals surface area contributed by atoms with Gasteiger partial charge in [0.2, 0.25) is 0 Å². The molecule has 5 nitrogen and oxygen atoms in total. The van der Waals surface area contributed by atoms with Crippen molar-refractivity contribution >= 4 is 17.3 Å². The van der Waals surface area contributed by atoms with E-state index >= 15 is 0 Å². The van der Waals surface area contributed by atoms with Crippen LogP contribution < -0.4 is 5.32 Å². The van der Waals surface area contributed by atoms with Gasteiger partial charge >= 0.3 is 0 Å². The largest absolute Gasteiger partial charge is 0.385 e. The molecular formula is C24H28N4OS. The summed E-state index contributed by atoms with van der Waals surface area (Å²) in [5.41, 5.74) is 5.92. The van der Waals surface area contributed by atoms with Gasteiger partial charge in [0.25, 0.3) is 0 Å². The van der Waals surface area contributed by atoms with Gasteiger partial charge in [0.1, 0.15) is 0 Å². The van der Waals surface area contributed by atoms with Gasteiger partial charge in [0.15, 0.2) is 5.11 Å². The van der Waals surface area contributed by atoms with E-state index in [0.29, 0.717) is 6.61 Å². The number of ether oxygens (including phenoxy) is 1. The van der Waals surface area contributed by atoms with Crippen LogP contribution in [0.2, 0.25) is 0 Å². The molecule has 0 unspecified atom stereocenters. The molecule has 0 aliphatic carbocycles. The summed E-state index contributed by atoms with van der Waals surface area (Å²) >= 11 is 5.75. The van der Waals surface area contributed by atoms with Crippen molar-refractivity contribution in [2.24, 2.45) is 0 Å². The van der Waals surface area contributed by atoms with E-state index in [2.05, 4.69) is 76.2 Å². The number of aryl methyl sites for hydroxylation is 2. The van der Waals surface area contributed by atoms with Crippen molar-refractivity contribution in [3.8, 4) is 5.69 Å². The lowest BCUT2D eigenvalue weighted by Crippen LogP contribution is -2.32. The number of aromatic nitrogens is 2. The molecule has 2 atom stereocenters. The van der Waals surface area contributed by atoms with Crippen LogP contribution in [-0.4, -0.2) is 39.8 Å². The van der Waals surface area contributed by atoms with Crippen molar-refractivity contribution in [3.63, 3.8) is 0 Å². The molecule has 1 saturated heterocycles. The molecule has 0 radical (unpaired) electrons. The summed E-state index contributed by atoms with van der Waals surface area (Å²) in [6.07, 6.45) is 4.88. The Bertz CT molecular complexity index is 1020. The van der Waals surface area contributed by atoms with Crippen molar-refractivity contribution < 1.29 is 4.74 Å². The van der Waals surface area contributed by atoms with Gasteiger partial charge in [0, 0.05) is 44.0 Å². The first-order valence-electron chi connectivity index (χ1n) is 10.3. The maximum absolute atomic E-state index is 5.75. The summed E-state index contributed by atoms with van der Waals surface area (Å²) in [6, 6.07) is 17.0. The molecule has 1 N–H and O–H groups in total. The zero-order chi connectivity index (χ0) is 21.1. The summed E-state index contributed by atoms with van der Waals surface area (Å²) in [7, 11) is 1.74. The highest BCUT2D eigenvalue weighted by Gasteiger charge is 2.40. The van der Waals surface area contributed by atoms with Crippen LogP contribution in [0.15, 0.2) is 60.9 Å². The highest BCUT2D eigenvalue weighted by atomic mass is 32.1. The van der Waals surface area contributed by atoms with E-state index in [1.54, 1.807) is 7.11 Å². The molecule has 0 saturated carbocycles. The maximum atomic E-state index is 5.75. The van der Waals surface area contributed by atoms with Gasteiger partial charge in [-0.2, -0.15) is 0 Å². The average molecular weight is 421 g/mol. The molecule has 30 heavy (non-hydrogen) atoms. The van der Waals surface area contributed by atoms with Gasteiger partial charge < -0.3 is 19.5 Å². The van der Waals surface area contributed by atoms with E-state index < -0.39 is 0 Å². The number of nitrogens with zero attached hydrogens (tertiary/aromatic N) is 3. The standard InChI is InChI=1S/C24H28N4OS/c1-17-10-11-19(16-18(17)2)27-13-6-9-21(27)23-22(20-8-4-5-12-25-20)26-24(30)28(23)14-7-15-29-3/h4-6,8-13,16,22-23H,7,14-15H2,1-3H3,(H,26,30)/t22-,23-/m1/s1. The van der Waals surface area contributed by atoms with Crippen molar-refractivity contribution in [1.29, 1.82) is 0 Å². The Labute approximate surface area is 183 Å². The van der Waals surface area contributed by atoms with Crippen LogP contribution in [0.1, 0.15) is 41.0 Å². The van der Waals surface area contributed by atoms with Crippen LogP contribution >= 0.6 is 12.2 Å². The molecular weight excluding hydrogens is 392 g/mol. The summed E-state index contributed by atoms with van der Waals surface area (Å²) in [6.45, 7) is 5.83. The molecule has 2 aromatic heterocycles. The normalized spacial score (nSPS) is 18.6. The van der Waals surface area contributed by atoms with Gasteiger partial charge in [-0.05, 0) is 80.0 Å². The smallest absolute Gasteiger partial charge is 0.170 e. The van der Waals surface area contributed by atoms with E-state index in [9.17, 15) is 0 Å². The topological polar surface area (TPSA) is 42.3 Å². The first-order valence-corrected chi connectivity index (χ1v) is 10.7. The lowest BCUT2D eigenvalue weighted by molar-refractivity contribution is 0.180. The zero-order valence-electron chi connectivity index (χ0n) is 17.7. The Morgan fingerprint density at radius 1 is 1.10 bits per heavy atom. The minimum Gasteiger partial charge on any atom is -0.385 e. The number of rotatable bonds is 7. The molecule has 1 aliphatic heterocycles. The Kier molecular flexibility index (Phi) is 6.16. The van der Waals surface area contributed by atoms with Crippen LogP contribution in [0.25, 0.3) is 5.69 Å². The van der Waals surface area contributed by atoms with E-state index in [-0.39, 0.29) is 12.1 Å². The second kappa shape index (κ2) is 8.98. The molecule has 1 fully saturated rings. The van der Waals surface area contributed by atoms with Crippen LogP contribution in [0.5, 0.6) is 0 Å². The molecule has 4 rings (SSSR count). The number of hydrogen-bond donors (Lipinski definition) is 1. The van der Waals surface area contributed by atoms with E-state index in [0.717, 1.165) is 29.5 Å². The fourth-order valence-corrected chi connectivity index (χ4v) is 4.42. The molecule has 0 spiro atoms. The SMILES string of the molecule is COCCCN1C(=S)N[C@H](c2ccccn2)[C@H]1c1cccn1-c1ccc(C)c(C)c1. The fourth-order valence-electron chi connectivity index (χ4n) is 4.09. The Morgan fingerprint density at radius 2 is 1.97 bits per heavy atom. The summed E-state index contributed by atoms with van der Waals surface area (Å²) in [5.74, 6) is 0. The van der Waals surface area contributed by atoms with Gasteiger partial charge in [0.05, 0.1) is 17.8 Å². The van der Waals surface area contributed by atoms with Crippen molar-refractivity contribution in [3.05, 3.63) is 83.4 Å². The van der Waals surface area contributed by atoms with E-state index in [4.69, 9.17) is 17.0 Å². The van der Waals surface area contributed by atoms with Crippen LogP contribution in [0, 0.1) is 13.8 Å². The number of benzene rings is 1. The third-order valence-corrected chi connectivity index (χ3v) is 6.15. The van der Waals surface area contributed by atoms with Gasteiger partial charge in [-0.25, -0.2) is 0 Å². The Balaban J connectivity index is 1.76. The fraction of sp³-hybridized carbons (Fsp3) is 0.333. The second-order valence-corrected chi connectivity index (χ2v) is 8.12. The highest BCUT2D eigenvalue weighted by Crippen LogP contribution is 2.39. The molecule has 6 heteroatoms. The quantitative estimate of drug-likeness (QED) is 0.450. The minimum absolute atomic E-state index is 0.0126. The number of nitrogens with one attached hydrogen (secondary N) is 1. The Hall–Kier alpha value is -2.70. The van der Waals surface area contributed by atoms with Gasteiger partial charge in [-0.15, -0.1) is 0 Å². The lowest BCUT2D eigenvalue weighted by Gasteiger charge is -2.29. The monoisotopic (exact) mass is 420 g/mol. The third kappa shape index (κ3) is 3.98. The van der Waals surface area contributed by atoms with Crippen LogP contribution in [0.3, 0.4) is 0 Å². The zero-order valence-corrected chi connectivity index (χ0v) is 18.5. The minimum atomic E-state index is -0.0126. The number of pyridine rings is 1. The second-order valence-electron chi connectivity index (χ2n) is 7.74. The third-order valence-electron chi connectivity index (χ3n) is 5.80. The summed E-state index contributed by atoms with van der Waals surface area (Å²) in [4.78, 5) is 6.91. The Morgan fingerprint density at radius 3 is 2.70 bits per heavy atom. The van der Waals surface area contributed by atoms with Gasteiger partial charge in [-0.1, -0.05) is 12.1 Å². The van der Waals surface area contributed by atoms with Crippen LogP contribution in [0.4, 0.5) is 0 Å². The van der Waals surface area contributed by atoms with E-state index in [1.807, 2.05) is 18.3 Å². The van der Waals surface area contributed by atoms with Crippen molar-refractivity contribution in [2.75, 3.05) is 20.3 Å². The summed E-state index contributed by atoms with van der Waals surface area (Å²) in [5, 5.41) is 4.29. The van der Waals surface area contributed by atoms with E-state index in [1.165, 1.54) is 16.8 Å². The van der Waals surface area contributed by atoms with Gasteiger partial charge in [-0.3, -0.25) is 4.98 Å². The highest BCUT2D eigenvalue weighted by molar-refractivity contribution is 7.80. The molecule has 3 aromatic rings. The number of hydrogen-bond acceptors (Lipinski definition) is 3. The first-order chi connectivity index (χ1) is 14.6. The van der Waals surface area contributed by atoms with Crippen LogP contribution in [-0.2, 0) is 4.74 Å². The molecule has 1 aromatic carbocycles. The predicted octanol–water partition coefficient (Wildman–Crippen LogP) is 4.50. The first kappa shape index (κ1) is 20.6. The van der Waals surface area contributed by atoms with Crippen molar-refractivity contribution in [1.82, 2.24) is 19.8 Å². The maximum Gasteiger partial charge on any atom is 0.170 e. The molecule has 1 aliphatic rings. The lowest BCUT2D eigenvalue weighted by atomic mass is 10.0. The number of thiocarbonyl (C=S) groups is 1. The molecule has 0 amide bonds. The molecule has 3 heterocycles. The predicted molar refractivity (Wildman–Crippen MR) is 124 cm³/mol. The average Bonchev–Trinajstić information content (AvgIpc) is 3.35. The summed E-state index contributed by atoms with van der Waals surface area (Å²) < 4.78 is 7.55. The molecule has 156 valence electrons. The number of methoxy groups -OCH3 is 1. The molecule has 0 bridgehead atoms. The van der Waals surface area contributed by atoms with Crippen molar-refractivity contribution in [2.45, 2.75) is 32.4 Å².